The summed E-state index contributed by atoms with van der Waals surface area (Å²) in [6, 6.07) is 11.3. The fourth-order valence-corrected chi connectivity index (χ4v) is 3.22. The number of ether oxygens (including phenoxy) is 1. The van der Waals surface area contributed by atoms with Crippen molar-refractivity contribution in [2.24, 2.45) is 0 Å². The number of halogens is 2. The number of methoxy groups -OCH3 is 1. The lowest BCUT2D eigenvalue weighted by molar-refractivity contribution is 0.0785. The van der Waals surface area contributed by atoms with Crippen LogP contribution in [0.5, 0.6) is 5.75 Å². The topological polar surface area (TPSA) is 29.5 Å². The van der Waals surface area contributed by atoms with E-state index in [1.165, 1.54) is 12.0 Å². The smallest absolute Gasteiger partial charge is 0.254 e. The van der Waals surface area contributed by atoms with Gasteiger partial charge in [0.05, 0.1) is 17.2 Å². The molecule has 0 bridgehead atoms. The molecule has 0 spiro atoms. The van der Waals surface area contributed by atoms with Gasteiger partial charge in [-0.25, -0.2) is 0 Å². The van der Waals surface area contributed by atoms with Gasteiger partial charge in [0.1, 0.15) is 0 Å². The molecule has 0 heterocycles. The summed E-state index contributed by atoms with van der Waals surface area (Å²) in [4.78, 5) is 15.4. The zero-order valence-corrected chi connectivity index (χ0v) is 15.4. The summed E-state index contributed by atoms with van der Waals surface area (Å²) in [6.45, 7) is 0.509. The minimum absolute atomic E-state index is 0.148. The lowest BCUT2D eigenvalue weighted by Crippen LogP contribution is -2.26. The Kier molecular flexibility index (Phi) is 6.22. The fraction of sp³-hybridized carbons (Fsp3) is 0.235. The van der Waals surface area contributed by atoms with E-state index in [1.54, 1.807) is 35.8 Å². The first kappa shape index (κ1) is 18.0. The van der Waals surface area contributed by atoms with Gasteiger partial charge in [0.15, 0.2) is 5.75 Å². The van der Waals surface area contributed by atoms with Crippen molar-refractivity contribution in [3.63, 3.8) is 0 Å². The third kappa shape index (κ3) is 4.34. The highest BCUT2D eigenvalue weighted by Gasteiger charge is 2.17. The molecule has 0 aliphatic rings. The van der Waals surface area contributed by atoms with E-state index >= 15 is 0 Å². The summed E-state index contributed by atoms with van der Waals surface area (Å²) >= 11 is 13.9. The zero-order chi connectivity index (χ0) is 17.0. The summed E-state index contributed by atoms with van der Waals surface area (Å²) in [5.41, 5.74) is 1.49. The zero-order valence-electron chi connectivity index (χ0n) is 13.1. The van der Waals surface area contributed by atoms with Gasteiger partial charge in [-0.15, -0.1) is 11.8 Å². The summed E-state index contributed by atoms with van der Waals surface area (Å²) < 4.78 is 5.10. The van der Waals surface area contributed by atoms with Gasteiger partial charge < -0.3 is 9.64 Å². The lowest BCUT2D eigenvalue weighted by atomic mass is 10.1. The molecular formula is C17H17Cl2NO2S. The fourth-order valence-electron chi connectivity index (χ4n) is 2.18. The average Bonchev–Trinajstić information content (AvgIpc) is 2.54. The molecule has 1 amide bonds. The summed E-state index contributed by atoms with van der Waals surface area (Å²) in [5.74, 6) is 0.227. The molecule has 23 heavy (non-hydrogen) atoms. The van der Waals surface area contributed by atoms with Crippen molar-refractivity contribution in [2.45, 2.75) is 11.4 Å². The van der Waals surface area contributed by atoms with E-state index in [9.17, 15) is 4.79 Å². The molecule has 0 aliphatic carbocycles. The highest BCUT2D eigenvalue weighted by Crippen LogP contribution is 2.34. The first-order valence-electron chi connectivity index (χ1n) is 6.87. The van der Waals surface area contributed by atoms with Crippen LogP contribution in [0, 0.1) is 0 Å². The molecule has 0 fully saturated rings. The van der Waals surface area contributed by atoms with Crippen LogP contribution in [0.1, 0.15) is 15.9 Å². The second kappa shape index (κ2) is 7.95. The molecule has 2 rings (SSSR count). The highest BCUT2D eigenvalue weighted by molar-refractivity contribution is 7.98. The number of nitrogens with zero attached hydrogens (tertiary/aromatic N) is 1. The van der Waals surface area contributed by atoms with Crippen molar-refractivity contribution in [3.8, 4) is 5.75 Å². The van der Waals surface area contributed by atoms with E-state index in [1.807, 2.05) is 30.5 Å². The highest BCUT2D eigenvalue weighted by atomic mass is 35.5. The van der Waals surface area contributed by atoms with Crippen LogP contribution in [-0.4, -0.2) is 31.2 Å². The van der Waals surface area contributed by atoms with Crippen LogP contribution in [0.15, 0.2) is 41.3 Å². The molecule has 0 atom stereocenters. The minimum atomic E-state index is -0.148. The Labute approximate surface area is 150 Å². The van der Waals surface area contributed by atoms with E-state index in [-0.39, 0.29) is 5.91 Å². The molecule has 2 aromatic carbocycles. The molecule has 2 aromatic rings. The number of benzene rings is 2. The number of hydrogen-bond acceptors (Lipinski definition) is 3. The molecule has 0 saturated heterocycles. The average molecular weight is 370 g/mol. The number of hydrogen-bond donors (Lipinski definition) is 0. The standard InChI is InChI=1S/C17H17Cl2NO2S/c1-20(10-11-4-6-13(23-3)7-5-11)17(21)12-8-14(18)16(22-2)15(19)9-12/h4-9H,10H2,1-3H3. The van der Waals surface area contributed by atoms with Gasteiger partial charge in [0.25, 0.3) is 5.91 Å². The third-order valence-electron chi connectivity index (χ3n) is 3.37. The normalized spacial score (nSPS) is 10.5. The van der Waals surface area contributed by atoms with Gasteiger partial charge in [-0.1, -0.05) is 35.3 Å². The Bertz CT molecular complexity index is 681. The van der Waals surface area contributed by atoms with E-state index < -0.39 is 0 Å². The molecule has 0 radical (unpaired) electrons. The van der Waals surface area contributed by atoms with Crippen molar-refractivity contribution >= 4 is 40.9 Å². The van der Waals surface area contributed by atoms with Crippen LogP contribution < -0.4 is 4.74 Å². The second-order valence-corrected chi connectivity index (χ2v) is 6.68. The van der Waals surface area contributed by atoms with Crippen LogP contribution in [0.4, 0.5) is 0 Å². The Morgan fingerprint density at radius 1 is 1.17 bits per heavy atom. The van der Waals surface area contributed by atoms with Crippen molar-refractivity contribution in [1.82, 2.24) is 4.90 Å². The minimum Gasteiger partial charge on any atom is -0.494 e. The van der Waals surface area contributed by atoms with Crippen LogP contribution in [0.2, 0.25) is 10.0 Å². The van der Waals surface area contributed by atoms with Crippen LogP contribution >= 0.6 is 35.0 Å². The van der Waals surface area contributed by atoms with Crippen LogP contribution in [-0.2, 0) is 6.54 Å². The molecule has 0 saturated carbocycles. The SMILES string of the molecule is COc1c(Cl)cc(C(=O)N(C)Cc2ccc(SC)cc2)cc1Cl. The first-order valence-corrected chi connectivity index (χ1v) is 8.85. The predicted molar refractivity (Wildman–Crippen MR) is 97.0 cm³/mol. The maximum atomic E-state index is 12.5. The van der Waals surface area contributed by atoms with Gasteiger partial charge in [0.2, 0.25) is 0 Å². The number of thioether (sulfide) groups is 1. The lowest BCUT2D eigenvalue weighted by Gasteiger charge is -2.18. The third-order valence-corrected chi connectivity index (χ3v) is 4.68. The van der Waals surface area contributed by atoms with Crippen LogP contribution in [0.25, 0.3) is 0 Å². The number of carbonyl (C=O) groups excluding carboxylic acids is 1. The maximum Gasteiger partial charge on any atom is 0.254 e. The summed E-state index contributed by atoms with van der Waals surface area (Å²) in [5, 5.41) is 0.641. The molecule has 0 N–H and O–H groups in total. The Morgan fingerprint density at radius 2 is 1.74 bits per heavy atom. The summed E-state index contributed by atoms with van der Waals surface area (Å²) in [6.07, 6.45) is 2.03. The first-order chi connectivity index (χ1) is 11.0. The molecular weight excluding hydrogens is 353 g/mol. The Balaban J connectivity index is 2.15. The number of carbonyl (C=O) groups is 1. The largest absolute Gasteiger partial charge is 0.494 e. The molecule has 0 unspecified atom stereocenters. The van der Waals surface area contributed by atoms with E-state index in [0.717, 1.165) is 5.56 Å². The molecule has 122 valence electrons. The monoisotopic (exact) mass is 369 g/mol. The van der Waals surface area contributed by atoms with Crippen molar-refractivity contribution < 1.29 is 9.53 Å². The van der Waals surface area contributed by atoms with E-state index in [0.29, 0.717) is 27.9 Å². The van der Waals surface area contributed by atoms with Crippen molar-refractivity contribution in [3.05, 3.63) is 57.6 Å². The molecule has 3 nitrogen and oxygen atoms in total. The maximum absolute atomic E-state index is 12.5. The predicted octanol–water partition coefficient (Wildman–Crippen LogP) is 5.00. The number of amides is 1. The molecule has 0 aliphatic heterocycles. The number of rotatable bonds is 5. The molecule has 0 aromatic heterocycles. The van der Waals surface area contributed by atoms with Crippen LogP contribution in [0.3, 0.4) is 0 Å². The van der Waals surface area contributed by atoms with E-state index in [4.69, 9.17) is 27.9 Å². The van der Waals surface area contributed by atoms with Crippen molar-refractivity contribution in [1.29, 1.82) is 0 Å². The quantitative estimate of drug-likeness (QED) is 0.694. The summed E-state index contributed by atoms with van der Waals surface area (Å²) in [7, 11) is 3.23. The molecule has 6 heteroatoms. The van der Waals surface area contributed by atoms with E-state index in [2.05, 4.69) is 0 Å². The Hall–Kier alpha value is -1.36. The van der Waals surface area contributed by atoms with Gasteiger partial charge in [-0.05, 0) is 36.1 Å². The van der Waals surface area contributed by atoms with Crippen molar-refractivity contribution in [2.75, 3.05) is 20.4 Å². The van der Waals surface area contributed by atoms with Gasteiger partial charge >= 0.3 is 0 Å². The van der Waals surface area contributed by atoms with Gasteiger partial charge in [-0.3, -0.25) is 4.79 Å². The van der Waals surface area contributed by atoms with Gasteiger partial charge in [-0.2, -0.15) is 0 Å². The van der Waals surface area contributed by atoms with Gasteiger partial charge in [0, 0.05) is 24.1 Å². The Morgan fingerprint density at radius 3 is 2.22 bits per heavy atom. The second-order valence-electron chi connectivity index (χ2n) is 4.98.